The first-order chi connectivity index (χ1) is 15.5. The van der Waals surface area contributed by atoms with Gasteiger partial charge in [0, 0.05) is 28.6 Å². The zero-order chi connectivity index (χ0) is 22.3. The van der Waals surface area contributed by atoms with E-state index in [0.29, 0.717) is 5.92 Å². The summed E-state index contributed by atoms with van der Waals surface area (Å²) in [6.07, 6.45) is 3.40. The molecule has 0 aliphatic heterocycles. The van der Waals surface area contributed by atoms with Crippen LogP contribution in [0.2, 0.25) is 0 Å². The molecule has 2 amide bonds. The van der Waals surface area contributed by atoms with E-state index in [1.165, 1.54) is 28.0 Å². The van der Waals surface area contributed by atoms with Gasteiger partial charge in [-0.25, -0.2) is 4.79 Å². The fourth-order valence-corrected chi connectivity index (χ4v) is 5.16. The molecule has 1 aliphatic rings. The van der Waals surface area contributed by atoms with E-state index in [-0.39, 0.29) is 6.03 Å². The second kappa shape index (κ2) is 10.7. The highest BCUT2D eigenvalue weighted by atomic mass is 32.2. The minimum Gasteiger partial charge on any atom is -0.309 e. The molecule has 0 saturated heterocycles. The van der Waals surface area contributed by atoms with E-state index >= 15 is 0 Å². The zero-order valence-corrected chi connectivity index (χ0v) is 19.6. The van der Waals surface area contributed by atoms with Gasteiger partial charge in [0.1, 0.15) is 0 Å². The molecule has 32 heavy (non-hydrogen) atoms. The third-order valence-corrected chi connectivity index (χ3v) is 6.83. The molecule has 0 heterocycles. The standard InChI is InChI=1S/C27H31N3OS/c1-30(2)18-20-11-12-23-17-25(14-13-22(23)15-20)29-27(31)28-24-8-6-7-21(16-24)19-32-26-9-4-3-5-10-26/h3-10,13-14,16-17,20H,11-12,15,18-19H2,1-2H3,(H2,28,29,31). The summed E-state index contributed by atoms with van der Waals surface area (Å²) in [5.74, 6) is 1.58. The number of carbonyl (C=O) groups is 1. The van der Waals surface area contributed by atoms with Crippen LogP contribution in [0, 0.1) is 5.92 Å². The number of urea groups is 1. The van der Waals surface area contributed by atoms with Crippen LogP contribution in [-0.4, -0.2) is 31.6 Å². The number of nitrogens with zero attached hydrogens (tertiary/aromatic N) is 1. The summed E-state index contributed by atoms with van der Waals surface area (Å²) < 4.78 is 0. The molecule has 0 bridgehead atoms. The van der Waals surface area contributed by atoms with Crippen molar-refractivity contribution in [3.05, 3.63) is 89.5 Å². The molecule has 1 aliphatic carbocycles. The van der Waals surface area contributed by atoms with Crippen LogP contribution < -0.4 is 10.6 Å². The van der Waals surface area contributed by atoms with Crippen LogP contribution in [0.5, 0.6) is 0 Å². The molecule has 0 spiro atoms. The van der Waals surface area contributed by atoms with Crippen molar-refractivity contribution in [2.75, 3.05) is 31.3 Å². The van der Waals surface area contributed by atoms with E-state index in [1.807, 2.05) is 42.5 Å². The average molecular weight is 446 g/mol. The molecule has 0 aromatic heterocycles. The van der Waals surface area contributed by atoms with Crippen molar-refractivity contribution in [2.24, 2.45) is 5.92 Å². The van der Waals surface area contributed by atoms with Crippen molar-refractivity contribution >= 4 is 29.2 Å². The number of hydrogen-bond acceptors (Lipinski definition) is 3. The summed E-state index contributed by atoms with van der Waals surface area (Å²) in [6, 6.07) is 24.5. The Hall–Kier alpha value is -2.76. The number of rotatable bonds is 7. The van der Waals surface area contributed by atoms with E-state index in [9.17, 15) is 4.79 Å². The Bertz CT molecular complexity index is 1050. The summed E-state index contributed by atoms with van der Waals surface area (Å²) in [5.41, 5.74) is 5.61. The Morgan fingerprint density at radius 2 is 1.72 bits per heavy atom. The number of benzene rings is 3. The predicted molar refractivity (Wildman–Crippen MR) is 136 cm³/mol. The fraction of sp³-hybridized carbons (Fsp3) is 0.296. The number of nitrogens with one attached hydrogen (secondary N) is 2. The van der Waals surface area contributed by atoms with Crippen molar-refractivity contribution in [1.29, 1.82) is 0 Å². The Kier molecular flexibility index (Phi) is 7.51. The summed E-state index contributed by atoms with van der Waals surface area (Å²) in [7, 11) is 4.28. The highest BCUT2D eigenvalue weighted by Gasteiger charge is 2.19. The molecule has 0 saturated carbocycles. The van der Waals surface area contributed by atoms with Gasteiger partial charge in [0.25, 0.3) is 0 Å². The average Bonchev–Trinajstić information content (AvgIpc) is 2.78. The topological polar surface area (TPSA) is 44.4 Å². The molecule has 3 aromatic carbocycles. The monoisotopic (exact) mass is 445 g/mol. The molecule has 5 heteroatoms. The maximum Gasteiger partial charge on any atom is 0.323 e. The molecule has 3 aromatic rings. The Morgan fingerprint density at radius 3 is 2.50 bits per heavy atom. The van der Waals surface area contributed by atoms with Gasteiger partial charge in [0.05, 0.1) is 0 Å². The third kappa shape index (κ3) is 6.38. The maximum atomic E-state index is 12.6. The summed E-state index contributed by atoms with van der Waals surface area (Å²) in [5, 5.41) is 5.97. The molecule has 1 atom stereocenters. The van der Waals surface area contributed by atoms with E-state index in [1.54, 1.807) is 11.8 Å². The van der Waals surface area contributed by atoms with Crippen molar-refractivity contribution in [1.82, 2.24) is 4.90 Å². The van der Waals surface area contributed by atoms with Gasteiger partial charge in [-0.15, -0.1) is 11.8 Å². The predicted octanol–water partition coefficient (Wildman–Crippen LogP) is 6.29. The van der Waals surface area contributed by atoms with Crippen LogP contribution in [0.3, 0.4) is 0 Å². The van der Waals surface area contributed by atoms with Gasteiger partial charge in [-0.3, -0.25) is 0 Å². The summed E-state index contributed by atoms with van der Waals surface area (Å²) in [6.45, 7) is 1.13. The summed E-state index contributed by atoms with van der Waals surface area (Å²) in [4.78, 5) is 16.1. The summed E-state index contributed by atoms with van der Waals surface area (Å²) >= 11 is 1.79. The number of anilines is 2. The van der Waals surface area contributed by atoms with Gasteiger partial charge < -0.3 is 15.5 Å². The first-order valence-electron chi connectivity index (χ1n) is 11.2. The van der Waals surface area contributed by atoms with E-state index in [4.69, 9.17) is 0 Å². The number of thioether (sulfide) groups is 1. The molecule has 4 nitrogen and oxygen atoms in total. The van der Waals surface area contributed by atoms with E-state index in [0.717, 1.165) is 36.5 Å². The lowest BCUT2D eigenvalue weighted by Gasteiger charge is -2.27. The van der Waals surface area contributed by atoms with Crippen molar-refractivity contribution in [2.45, 2.75) is 29.9 Å². The van der Waals surface area contributed by atoms with Crippen LogP contribution >= 0.6 is 11.8 Å². The largest absolute Gasteiger partial charge is 0.323 e. The molecule has 0 fully saturated rings. The third-order valence-electron chi connectivity index (χ3n) is 5.75. The second-order valence-corrected chi connectivity index (χ2v) is 9.78. The molecule has 166 valence electrons. The number of carbonyl (C=O) groups excluding carboxylic acids is 1. The van der Waals surface area contributed by atoms with Crippen molar-refractivity contribution in [3.63, 3.8) is 0 Å². The minimum absolute atomic E-state index is 0.209. The highest BCUT2D eigenvalue weighted by Crippen LogP contribution is 2.28. The molecule has 0 radical (unpaired) electrons. The van der Waals surface area contributed by atoms with Crippen LogP contribution in [-0.2, 0) is 18.6 Å². The smallest absolute Gasteiger partial charge is 0.309 e. The highest BCUT2D eigenvalue weighted by molar-refractivity contribution is 7.98. The first-order valence-corrected chi connectivity index (χ1v) is 12.1. The second-order valence-electron chi connectivity index (χ2n) is 8.74. The normalized spacial score (nSPS) is 15.3. The van der Waals surface area contributed by atoms with Gasteiger partial charge in [0.15, 0.2) is 0 Å². The Morgan fingerprint density at radius 1 is 0.938 bits per heavy atom. The van der Waals surface area contributed by atoms with E-state index < -0.39 is 0 Å². The van der Waals surface area contributed by atoms with Gasteiger partial charge in [-0.1, -0.05) is 36.4 Å². The van der Waals surface area contributed by atoms with Gasteiger partial charge >= 0.3 is 6.03 Å². The first kappa shape index (κ1) is 22.4. The Balaban J connectivity index is 1.32. The molecule has 4 rings (SSSR count). The maximum absolute atomic E-state index is 12.6. The SMILES string of the molecule is CN(C)CC1CCc2cc(NC(=O)Nc3cccc(CSc4ccccc4)c3)ccc2C1. The van der Waals surface area contributed by atoms with Crippen molar-refractivity contribution < 1.29 is 4.79 Å². The lowest BCUT2D eigenvalue weighted by Crippen LogP contribution is -2.26. The number of amides is 2. The minimum atomic E-state index is -0.209. The number of fused-ring (bicyclic) bond motifs is 1. The van der Waals surface area contributed by atoms with Crippen molar-refractivity contribution in [3.8, 4) is 0 Å². The van der Waals surface area contributed by atoms with Gasteiger partial charge in [-0.2, -0.15) is 0 Å². The van der Waals surface area contributed by atoms with Crippen LogP contribution in [0.25, 0.3) is 0 Å². The molecule has 2 N–H and O–H groups in total. The number of aryl methyl sites for hydroxylation is 1. The lowest BCUT2D eigenvalue weighted by atomic mass is 9.83. The fourth-order valence-electron chi connectivity index (χ4n) is 4.30. The van der Waals surface area contributed by atoms with Crippen LogP contribution in [0.1, 0.15) is 23.1 Å². The van der Waals surface area contributed by atoms with Gasteiger partial charge in [-0.05, 0) is 92.4 Å². The Labute approximate surface area is 195 Å². The quantitative estimate of drug-likeness (QED) is 0.420. The van der Waals surface area contributed by atoms with Gasteiger partial charge in [0.2, 0.25) is 0 Å². The van der Waals surface area contributed by atoms with Crippen LogP contribution in [0.15, 0.2) is 77.7 Å². The molecular formula is C27H31N3OS. The molecule has 1 unspecified atom stereocenters. The lowest BCUT2D eigenvalue weighted by molar-refractivity contribution is 0.262. The van der Waals surface area contributed by atoms with E-state index in [2.05, 4.69) is 60.0 Å². The molecular weight excluding hydrogens is 414 g/mol. The number of hydrogen-bond donors (Lipinski definition) is 2. The van der Waals surface area contributed by atoms with Crippen LogP contribution in [0.4, 0.5) is 16.2 Å². The zero-order valence-electron chi connectivity index (χ0n) is 18.8.